The van der Waals surface area contributed by atoms with Crippen LogP contribution in [-0.4, -0.2) is 50.3 Å². The number of benzene rings is 1. The average Bonchev–Trinajstić information content (AvgIpc) is 2.50. The molecule has 22 heavy (non-hydrogen) atoms. The highest BCUT2D eigenvalue weighted by atomic mass is 79.9. The van der Waals surface area contributed by atoms with Gasteiger partial charge in [-0.2, -0.15) is 4.31 Å². The van der Waals surface area contributed by atoms with Gasteiger partial charge in [-0.15, -0.1) is 0 Å². The highest BCUT2D eigenvalue weighted by molar-refractivity contribution is 9.10. The number of hydrogen-bond donors (Lipinski definition) is 0. The van der Waals surface area contributed by atoms with Crippen molar-refractivity contribution < 1.29 is 12.8 Å². The summed E-state index contributed by atoms with van der Waals surface area (Å²) in [6, 6.07) is 3.93. The summed E-state index contributed by atoms with van der Waals surface area (Å²) in [6.45, 7) is 4.96. The molecule has 1 aliphatic heterocycles. The van der Waals surface area contributed by atoms with Crippen molar-refractivity contribution in [1.29, 1.82) is 0 Å². The zero-order chi connectivity index (χ0) is 16.3. The molecule has 7 heteroatoms. The topological polar surface area (TPSA) is 40.6 Å². The van der Waals surface area contributed by atoms with Crippen LogP contribution in [0.5, 0.6) is 0 Å². The third-order valence-electron chi connectivity index (χ3n) is 4.16. The number of rotatable bonds is 5. The summed E-state index contributed by atoms with van der Waals surface area (Å²) < 4.78 is 41.1. The maximum Gasteiger partial charge on any atom is 0.246 e. The number of piperidine rings is 1. The van der Waals surface area contributed by atoms with Gasteiger partial charge in [0, 0.05) is 17.6 Å². The molecule has 0 radical (unpaired) electrons. The Bertz CT molecular complexity index is 616. The largest absolute Gasteiger partial charge is 0.303 e. The fraction of sp³-hybridized carbons (Fsp3) is 0.600. The molecule has 1 fully saturated rings. The summed E-state index contributed by atoms with van der Waals surface area (Å²) >= 11 is 3.20. The van der Waals surface area contributed by atoms with Crippen LogP contribution in [0.4, 0.5) is 4.39 Å². The smallest absolute Gasteiger partial charge is 0.246 e. The molecule has 0 spiro atoms. The van der Waals surface area contributed by atoms with Crippen molar-refractivity contribution in [3.63, 3.8) is 0 Å². The second-order valence-electron chi connectivity index (χ2n) is 5.67. The molecule has 0 N–H and O–H groups in total. The van der Waals surface area contributed by atoms with Crippen LogP contribution in [0.15, 0.2) is 27.6 Å². The molecule has 1 saturated heterocycles. The van der Waals surface area contributed by atoms with E-state index in [4.69, 9.17) is 0 Å². The quantitative estimate of drug-likeness (QED) is 0.772. The lowest BCUT2D eigenvalue weighted by Crippen LogP contribution is -2.45. The zero-order valence-corrected chi connectivity index (χ0v) is 15.3. The van der Waals surface area contributed by atoms with Crippen LogP contribution in [0.1, 0.15) is 26.2 Å². The van der Waals surface area contributed by atoms with E-state index in [1.165, 1.54) is 22.5 Å². The number of hydrogen-bond acceptors (Lipinski definition) is 3. The summed E-state index contributed by atoms with van der Waals surface area (Å²) in [4.78, 5) is 2.08. The maximum absolute atomic E-state index is 13.9. The lowest BCUT2D eigenvalue weighted by Gasteiger charge is -2.36. The Kier molecular flexibility index (Phi) is 5.99. The highest BCUT2D eigenvalue weighted by Crippen LogP contribution is 2.26. The molecule has 1 heterocycles. The molecule has 0 bridgehead atoms. The van der Waals surface area contributed by atoms with Gasteiger partial charge in [0.1, 0.15) is 10.7 Å². The number of sulfonamides is 1. The van der Waals surface area contributed by atoms with Gasteiger partial charge in [-0.25, -0.2) is 12.8 Å². The van der Waals surface area contributed by atoms with Crippen molar-refractivity contribution in [3.05, 3.63) is 28.5 Å². The first kappa shape index (κ1) is 17.8. The molecule has 0 unspecified atom stereocenters. The summed E-state index contributed by atoms with van der Waals surface area (Å²) in [6.07, 6.45) is 2.67. The van der Waals surface area contributed by atoms with Gasteiger partial charge in [-0.3, -0.25) is 0 Å². The molecule has 1 aromatic rings. The van der Waals surface area contributed by atoms with Crippen LogP contribution in [0.2, 0.25) is 0 Å². The van der Waals surface area contributed by atoms with Crippen LogP contribution >= 0.6 is 15.9 Å². The Morgan fingerprint density at radius 3 is 2.59 bits per heavy atom. The molecule has 0 saturated carbocycles. The van der Waals surface area contributed by atoms with Crippen LogP contribution in [0.3, 0.4) is 0 Å². The van der Waals surface area contributed by atoms with E-state index in [-0.39, 0.29) is 10.9 Å². The van der Waals surface area contributed by atoms with E-state index in [0.29, 0.717) is 4.47 Å². The molecule has 0 aromatic heterocycles. The van der Waals surface area contributed by atoms with E-state index in [9.17, 15) is 12.8 Å². The Labute approximate surface area is 140 Å². The van der Waals surface area contributed by atoms with Gasteiger partial charge >= 0.3 is 0 Å². The van der Waals surface area contributed by atoms with Gasteiger partial charge in [-0.1, -0.05) is 22.9 Å². The molecule has 0 aliphatic carbocycles. The normalized spacial score (nSPS) is 18.0. The predicted octanol–water partition coefficient (Wildman–Crippen LogP) is 3.08. The van der Waals surface area contributed by atoms with Crippen molar-refractivity contribution in [3.8, 4) is 0 Å². The SMILES string of the molecule is CCCN1CCC(N(C)S(=O)(=O)c2cc(Br)ccc2F)CC1. The molecule has 2 rings (SSSR count). The van der Waals surface area contributed by atoms with E-state index in [1.807, 2.05) is 0 Å². The minimum atomic E-state index is -3.81. The van der Waals surface area contributed by atoms with Crippen molar-refractivity contribution >= 4 is 26.0 Å². The minimum absolute atomic E-state index is 0.0727. The Hall–Kier alpha value is -0.500. The zero-order valence-electron chi connectivity index (χ0n) is 12.9. The predicted molar refractivity (Wildman–Crippen MR) is 88.8 cm³/mol. The highest BCUT2D eigenvalue weighted by Gasteiger charge is 2.32. The molecule has 1 aromatic carbocycles. The third kappa shape index (κ3) is 3.88. The van der Waals surface area contributed by atoms with E-state index >= 15 is 0 Å². The first-order chi connectivity index (χ1) is 10.4. The third-order valence-corrected chi connectivity index (χ3v) is 6.58. The molecule has 0 amide bonds. The number of likely N-dealkylation sites (tertiary alicyclic amines) is 1. The van der Waals surface area contributed by atoms with Crippen molar-refractivity contribution in [2.75, 3.05) is 26.7 Å². The van der Waals surface area contributed by atoms with Crippen LogP contribution in [-0.2, 0) is 10.0 Å². The monoisotopic (exact) mass is 392 g/mol. The molecular formula is C15H22BrFN2O2S. The molecule has 124 valence electrons. The fourth-order valence-corrected chi connectivity index (χ4v) is 4.87. The first-order valence-corrected chi connectivity index (χ1v) is 9.75. The van der Waals surface area contributed by atoms with Gasteiger partial charge in [-0.05, 0) is 57.1 Å². The Morgan fingerprint density at radius 1 is 1.36 bits per heavy atom. The van der Waals surface area contributed by atoms with Gasteiger partial charge in [0.25, 0.3) is 0 Å². The lowest BCUT2D eigenvalue weighted by molar-refractivity contribution is 0.170. The summed E-state index contributed by atoms with van der Waals surface area (Å²) in [5, 5.41) is 0. The van der Waals surface area contributed by atoms with E-state index in [2.05, 4.69) is 27.8 Å². The van der Waals surface area contributed by atoms with Gasteiger partial charge < -0.3 is 4.90 Å². The van der Waals surface area contributed by atoms with Crippen molar-refractivity contribution in [1.82, 2.24) is 9.21 Å². The molecule has 4 nitrogen and oxygen atoms in total. The fourth-order valence-electron chi connectivity index (χ4n) is 2.85. The average molecular weight is 393 g/mol. The second-order valence-corrected chi connectivity index (χ2v) is 8.55. The minimum Gasteiger partial charge on any atom is -0.303 e. The standard InChI is InChI=1S/C15H22BrFN2O2S/c1-3-8-19-9-6-13(7-10-19)18(2)22(20,21)15-11-12(16)4-5-14(15)17/h4-5,11,13H,3,6-10H2,1-2H3. The molecule has 1 aliphatic rings. The maximum atomic E-state index is 13.9. The number of halogens is 2. The summed E-state index contributed by atoms with van der Waals surface area (Å²) in [5.41, 5.74) is 0. The van der Waals surface area contributed by atoms with Gasteiger partial charge in [0.15, 0.2) is 0 Å². The second kappa shape index (κ2) is 7.38. The lowest BCUT2D eigenvalue weighted by atomic mass is 10.1. The summed E-state index contributed by atoms with van der Waals surface area (Å²) in [7, 11) is -2.26. The Balaban J connectivity index is 2.15. The van der Waals surface area contributed by atoms with E-state index < -0.39 is 15.8 Å². The van der Waals surface area contributed by atoms with Crippen LogP contribution in [0.25, 0.3) is 0 Å². The van der Waals surface area contributed by atoms with Crippen molar-refractivity contribution in [2.24, 2.45) is 0 Å². The molecular weight excluding hydrogens is 371 g/mol. The Morgan fingerprint density at radius 2 is 2.00 bits per heavy atom. The first-order valence-electron chi connectivity index (χ1n) is 7.51. The summed E-state index contributed by atoms with van der Waals surface area (Å²) in [5.74, 6) is -0.710. The van der Waals surface area contributed by atoms with Gasteiger partial charge in [0.2, 0.25) is 10.0 Å². The van der Waals surface area contributed by atoms with E-state index in [1.54, 1.807) is 7.05 Å². The number of nitrogens with zero attached hydrogens (tertiary/aromatic N) is 2. The van der Waals surface area contributed by atoms with Gasteiger partial charge in [0.05, 0.1) is 0 Å². The van der Waals surface area contributed by atoms with Crippen LogP contribution < -0.4 is 0 Å². The van der Waals surface area contributed by atoms with E-state index in [0.717, 1.165) is 38.9 Å². The van der Waals surface area contributed by atoms with Crippen LogP contribution in [0, 0.1) is 5.82 Å². The van der Waals surface area contributed by atoms with Crippen molar-refractivity contribution in [2.45, 2.75) is 37.1 Å². The molecule has 0 atom stereocenters.